The highest BCUT2D eigenvalue weighted by molar-refractivity contribution is 5.70. The molecule has 1 rings (SSSR count). The van der Waals surface area contributed by atoms with E-state index in [2.05, 4.69) is 0 Å². The molecule has 4 heteroatoms. The van der Waals surface area contributed by atoms with Gasteiger partial charge in [-0.3, -0.25) is 4.79 Å². The van der Waals surface area contributed by atoms with Gasteiger partial charge < -0.3 is 15.2 Å². The van der Waals surface area contributed by atoms with Crippen LogP contribution in [0, 0.1) is 5.92 Å². The predicted octanol–water partition coefficient (Wildman–Crippen LogP) is 1.47. The summed E-state index contributed by atoms with van der Waals surface area (Å²) in [6.07, 6.45) is 2.58. The van der Waals surface area contributed by atoms with E-state index < -0.39 is 5.60 Å². The summed E-state index contributed by atoms with van der Waals surface area (Å²) in [5.41, 5.74) is 5.12. The van der Waals surface area contributed by atoms with E-state index in [9.17, 15) is 4.79 Å². The first-order chi connectivity index (χ1) is 7.40. The quantitative estimate of drug-likeness (QED) is 0.744. The van der Waals surface area contributed by atoms with Crippen LogP contribution in [0.1, 0.15) is 40.0 Å². The fraction of sp³-hybridized carbons (Fsp3) is 0.917. The molecule has 1 heterocycles. The van der Waals surface area contributed by atoms with Gasteiger partial charge in [0.15, 0.2) is 0 Å². The van der Waals surface area contributed by atoms with Gasteiger partial charge in [-0.05, 0) is 39.5 Å². The second-order valence-corrected chi connectivity index (χ2v) is 5.42. The van der Waals surface area contributed by atoms with Crippen molar-refractivity contribution in [3.8, 4) is 0 Å². The fourth-order valence-corrected chi connectivity index (χ4v) is 1.83. The molecule has 0 unspecified atom stereocenters. The third-order valence-electron chi connectivity index (χ3n) is 2.60. The zero-order chi connectivity index (χ0) is 12.2. The number of rotatable bonds is 3. The molecule has 2 N–H and O–H groups in total. The maximum absolute atomic E-state index is 11.6. The van der Waals surface area contributed by atoms with Crippen LogP contribution in [0.2, 0.25) is 0 Å². The molecule has 0 spiro atoms. The summed E-state index contributed by atoms with van der Waals surface area (Å²) in [5.74, 6) is 0.157. The minimum absolute atomic E-state index is 0.132. The average Bonchev–Trinajstić information content (AvgIpc) is 2.16. The molecular weight excluding hydrogens is 206 g/mol. The van der Waals surface area contributed by atoms with Crippen molar-refractivity contribution < 1.29 is 14.3 Å². The lowest BCUT2D eigenvalue weighted by molar-refractivity contribution is -0.157. The van der Waals surface area contributed by atoms with Crippen molar-refractivity contribution in [3.63, 3.8) is 0 Å². The molecule has 0 aromatic carbocycles. The molecule has 4 nitrogen and oxygen atoms in total. The molecule has 0 aromatic heterocycles. The summed E-state index contributed by atoms with van der Waals surface area (Å²) < 4.78 is 10.8. The van der Waals surface area contributed by atoms with E-state index in [0.717, 1.165) is 12.8 Å². The van der Waals surface area contributed by atoms with Gasteiger partial charge in [0.05, 0.1) is 19.1 Å². The van der Waals surface area contributed by atoms with Gasteiger partial charge >= 0.3 is 5.97 Å². The van der Waals surface area contributed by atoms with E-state index >= 15 is 0 Å². The van der Waals surface area contributed by atoms with Gasteiger partial charge in [0.1, 0.15) is 5.60 Å². The number of hydrogen-bond acceptors (Lipinski definition) is 4. The monoisotopic (exact) mass is 229 g/mol. The van der Waals surface area contributed by atoms with E-state index in [1.165, 1.54) is 0 Å². The molecule has 0 aromatic rings. The van der Waals surface area contributed by atoms with Crippen LogP contribution in [0.25, 0.3) is 0 Å². The van der Waals surface area contributed by atoms with Gasteiger partial charge in [-0.1, -0.05) is 0 Å². The highest BCUT2D eigenvalue weighted by atomic mass is 16.6. The van der Waals surface area contributed by atoms with Crippen LogP contribution < -0.4 is 5.73 Å². The highest BCUT2D eigenvalue weighted by Gasteiger charge is 2.25. The Kier molecular flexibility index (Phi) is 4.74. The SMILES string of the molecule is CC(C)(C)OC(=O)C[C@@H]1CC[C@@H](CN)OC1. The normalized spacial score (nSPS) is 26.5. The summed E-state index contributed by atoms with van der Waals surface area (Å²) >= 11 is 0. The Balaban J connectivity index is 2.26. The molecule has 94 valence electrons. The van der Waals surface area contributed by atoms with Crippen LogP contribution >= 0.6 is 0 Å². The molecule has 0 saturated carbocycles. The van der Waals surface area contributed by atoms with Crippen molar-refractivity contribution in [1.82, 2.24) is 0 Å². The van der Waals surface area contributed by atoms with E-state index in [-0.39, 0.29) is 18.0 Å². The average molecular weight is 229 g/mol. The molecule has 1 saturated heterocycles. The second-order valence-electron chi connectivity index (χ2n) is 5.42. The van der Waals surface area contributed by atoms with Crippen molar-refractivity contribution in [3.05, 3.63) is 0 Å². The van der Waals surface area contributed by atoms with Crippen molar-refractivity contribution in [2.24, 2.45) is 11.7 Å². The Morgan fingerprint density at radius 2 is 2.12 bits per heavy atom. The number of nitrogens with two attached hydrogens (primary N) is 1. The standard InChI is InChI=1S/C12H23NO3/c1-12(2,3)16-11(14)6-9-4-5-10(7-13)15-8-9/h9-10H,4-8,13H2,1-3H3/t9-,10-/m0/s1. The van der Waals surface area contributed by atoms with Crippen LogP contribution in [-0.4, -0.2) is 30.8 Å². The zero-order valence-electron chi connectivity index (χ0n) is 10.5. The summed E-state index contributed by atoms with van der Waals surface area (Å²) in [5, 5.41) is 0. The van der Waals surface area contributed by atoms with Crippen LogP contribution in [0.5, 0.6) is 0 Å². The molecule has 0 aliphatic carbocycles. The van der Waals surface area contributed by atoms with Gasteiger partial charge in [0.2, 0.25) is 0 Å². The smallest absolute Gasteiger partial charge is 0.306 e. The fourth-order valence-electron chi connectivity index (χ4n) is 1.83. The topological polar surface area (TPSA) is 61.5 Å². The Hall–Kier alpha value is -0.610. The summed E-state index contributed by atoms with van der Waals surface area (Å²) in [6.45, 7) is 6.84. The summed E-state index contributed by atoms with van der Waals surface area (Å²) in [7, 11) is 0. The van der Waals surface area contributed by atoms with Gasteiger partial charge in [-0.2, -0.15) is 0 Å². The Labute approximate surface area is 97.5 Å². The lowest BCUT2D eigenvalue weighted by Gasteiger charge is -2.28. The first-order valence-electron chi connectivity index (χ1n) is 5.94. The van der Waals surface area contributed by atoms with E-state index in [4.69, 9.17) is 15.2 Å². The Morgan fingerprint density at radius 1 is 1.44 bits per heavy atom. The lowest BCUT2D eigenvalue weighted by Crippen LogP contribution is -2.33. The summed E-state index contributed by atoms with van der Waals surface area (Å²) in [4.78, 5) is 11.6. The number of ether oxygens (including phenoxy) is 2. The number of carbonyl (C=O) groups excluding carboxylic acids is 1. The maximum atomic E-state index is 11.6. The van der Waals surface area contributed by atoms with Gasteiger partial charge in [0, 0.05) is 6.54 Å². The van der Waals surface area contributed by atoms with Gasteiger partial charge in [0.25, 0.3) is 0 Å². The molecule has 1 aliphatic heterocycles. The van der Waals surface area contributed by atoms with Crippen molar-refractivity contribution >= 4 is 5.97 Å². The van der Waals surface area contributed by atoms with Gasteiger partial charge in [-0.25, -0.2) is 0 Å². The first kappa shape index (κ1) is 13.5. The van der Waals surface area contributed by atoms with E-state index in [1.54, 1.807) is 0 Å². The largest absolute Gasteiger partial charge is 0.460 e. The van der Waals surface area contributed by atoms with E-state index in [1.807, 2.05) is 20.8 Å². The Morgan fingerprint density at radius 3 is 2.56 bits per heavy atom. The molecule has 0 amide bonds. The van der Waals surface area contributed by atoms with E-state index in [0.29, 0.717) is 19.6 Å². The number of carbonyl (C=O) groups is 1. The first-order valence-corrected chi connectivity index (χ1v) is 5.94. The van der Waals surface area contributed by atoms with Crippen molar-refractivity contribution in [2.75, 3.05) is 13.2 Å². The minimum Gasteiger partial charge on any atom is -0.460 e. The van der Waals surface area contributed by atoms with Crippen molar-refractivity contribution in [2.45, 2.75) is 51.7 Å². The van der Waals surface area contributed by atoms with Crippen LogP contribution in [-0.2, 0) is 14.3 Å². The molecule has 0 bridgehead atoms. The molecule has 1 aliphatic rings. The molecule has 1 fully saturated rings. The molecule has 0 radical (unpaired) electrons. The van der Waals surface area contributed by atoms with Crippen LogP contribution in [0.15, 0.2) is 0 Å². The summed E-state index contributed by atoms with van der Waals surface area (Å²) in [6, 6.07) is 0. The van der Waals surface area contributed by atoms with Crippen molar-refractivity contribution in [1.29, 1.82) is 0 Å². The zero-order valence-corrected chi connectivity index (χ0v) is 10.5. The minimum atomic E-state index is -0.396. The van der Waals surface area contributed by atoms with Crippen LogP contribution in [0.4, 0.5) is 0 Å². The molecule has 2 atom stereocenters. The highest BCUT2D eigenvalue weighted by Crippen LogP contribution is 2.22. The maximum Gasteiger partial charge on any atom is 0.306 e. The van der Waals surface area contributed by atoms with Gasteiger partial charge in [-0.15, -0.1) is 0 Å². The second kappa shape index (κ2) is 5.64. The molecule has 16 heavy (non-hydrogen) atoms. The predicted molar refractivity (Wildman–Crippen MR) is 62.0 cm³/mol. The third kappa shape index (κ3) is 4.94. The lowest BCUT2D eigenvalue weighted by atomic mass is 9.95. The number of esters is 1. The molecular formula is C12H23NO3. The van der Waals surface area contributed by atoms with Crippen LogP contribution in [0.3, 0.4) is 0 Å². The Bertz CT molecular complexity index is 227. The third-order valence-corrected chi connectivity index (χ3v) is 2.60. The number of hydrogen-bond donors (Lipinski definition) is 1.